The van der Waals surface area contributed by atoms with Gasteiger partial charge in [0.15, 0.2) is 0 Å². The lowest BCUT2D eigenvalue weighted by Crippen LogP contribution is -1.95. The van der Waals surface area contributed by atoms with Crippen LogP contribution in [0.4, 0.5) is 5.95 Å². The first kappa shape index (κ1) is 12.6. The summed E-state index contributed by atoms with van der Waals surface area (Å²) < 4.78 is 0. The van der Waals surface area contributed by atoms with E-state index in [1.807, 2.05) is 19.4 Å². The van der Waals surface area contributed by atoms with E-state index in [1.54, 1.807) is 0 Å². The molecule has 0 aliphatic heterocycles. The van der Waals surface area contributed by atoms with Crippen LogP contribution in [0.3, 0.4) is 0 Å². The largest absolute Gasteiger partial charge is 0.357 e. The Bertz CT molecular complexity index is 488. The van der Waals surface area contributed by atoms with E-state index in [-0.39, 0.29) is 0 Å². The third kappa shape index (κ3) is 2.67. The summed E-state index contributed by atoms with van der Waals surface area (Å²) in [6.45, 7) is 4.46. The van der Waals surface area contributed by atoms with Crippen LogP contribution < -0.4 is 5.32 Å². The number of aromatic nitrogens is 2. The summed E-state index contributed by atoms with van der Waals surface area (Å²) in [5.41, 5.74) is 3.59. The van der Waals surface area contributed by atoms with Crippen molar-refractivity contribution in [3.63, 3.8) is 0 Å². The van der Waals surface area contributed by atoms with Gasteiger partial charge in [-0.15, -0.1) is 0 Å². The molecule has 1 unspecified atom stereocenters. The molecule has 3 nitrogen and oxygen atoms in total. The number of nitrogens with one attached hydrogen (secondary N) is 1. The predicted molar refractivity (Wildman–Crippen MR) is 75.7 cm³/mol. The monoisotopic (exact) mass is 241 g/mol. The minimum Gasteiger partial charge on any atom is -0.357 e. The molecule has 94 valence electrons. The van der Waals surface area contributed by atoms with E-state index in [4.69, 9.17) is 0 Å². The highest BCUT2D eigenvalue weighted by Crippen LogP contribution is 2.23. The highest BCUT2D eigenvalue weighted by atomic mass is 15.1. The Hall–Kier alpha value is -1.90. The van der Waals surface area contributed by atoms with E-state index >= 15 is 0 Å². The lowest BCUT2D eigenvalue weighted by molar-refractivity contribution is 0.734. The average Bonchev–Trinajstić information content (AvgIpc) is 2.47. The predicted octanol–water partition coefficient (Wildman–Crippen LogP) is 3.70. The van der Waals surface area contributed by atoms with Crippen molar-refractivity contribution in [2.24, 2.45) is 0 Å². The molecule has 1 aromatic carbocycles. The Labute approximate surface area is 108 Å². The maximum atomic E-state index is 4.23. The highest BCUT2D eigenvalue weighted by molar-refractivity contribution is 5.62. The van der Waals surface area contributed by atoms with Crippen LogP contribution in [0, 0.1) is 0 Å². The fourth-order valence-electron chi connectivity index (χ4n) is 1.85. The molecule has 0 spiro atoms. The third-order valence-corrected chi connectivity index (χ3v) is 3.30. The summed E-state index contributed by atoms with van der Waals surface area (Å²) in [6.07, 6.45) is 4.85. The van der Waals surface area contributed by atoms with Crippen molar-refractivity contribution in [3.8, 4) is 11.1 Å². The maximum absolute atomic E-state index is 4.23. The number of nitrogens with zero attached hydrogens (tertiary/aromatic N) is 2. The molecule has 0 radical (unpaired) electrons. The van der Waals surface area contributed by atoms with Crippen LogP contribution >= 0.6 is 0 Å². The lowest BCUT2D eigenvalue weighted by Gasteiger charge is -2.09. The van der Waals surface area contributed by atoms with Gasteiger partial charge in [-0.2, -0.15) is 0 Å². The molecule has 1 N–H and O–H groups in total. The van der Waals surface area contributed by atoms with Gasteiger partial charge in [-0.05, 0) is 23.5 Å². The maximum Gasteiger partial charge on any atom is 0.222 e. The van der Waals surface area contributed by atoms with E-state index in [2.05, 4.69) is 53.4 Å². The van der Waals surface area contributed by atoms with Gasteiger partial charge in [-0.25, -0.2) is 9.97 Å². The zero-order chi connectivity index (χ0) is 13.0. The van der Waals surface area contributed by atoms with Gasteiger partial charge >= 0.3 is 0 Å². The van der Waals surface area contributed by atoms with Gasteiger partial charge in [-0.1, -0.05) is 38.1 Å². The minimum absolute atomic E-state index is 0.613. The molecule has 0 saturated heterocycles. The molecule has 1 heterocycles. The molecule has 2 aromatic rings. The molecular formula is C15H19N3. The topological polar surface area (TPSA) is 37.8 Å². The van der Waals surface area contributed by atoms with Crippen molar-refractivity contribution in [2.45, 2.75) is 26.2 Å². The smallest absolute Gasteiger partial charge is 0.222 e. The molecule has 3 heteroatoms. The molecular weight excluding hydrogens is 222 g/mol. The Morgan fingerprint density at radius 2 is 1.67 bits per heavy atom. The van der Waals surface area contributed by atoms with Gasteiger partial charge in [0.05, 0.1) is 0 Å². The number of rotatable bonds is 4. The van der Waals surface area contributed by atoms with Crippen molar-refractivity contribution < 1.29 is 0 Å². The molecule has 0 fully saturated rings. The number of hydrogen-bond acceptors (Lipinski definition) is 3. The molecule has 2 rings (SSSR count). The van der Waals surface area contributed by atoms with Crippen LogP contribution in [0.5, 0.6) is 0 Å². The first-order valence-electron chi connectivity index (χ1n) is 6.34. The van der Waals surface area contributed by atoms with Crippen LogP contribution in [0.25, 0.3) is 11.1 Å². The van der Waals surface area contributed by atoms with Gasteiger partial charge < -0.3 is 5.32 Å². The zero-order valence-electron chi connectivity index (χ0n) is 11.1. The second kappa shape index (κ2) is 5.63. The van der Waals surface area contributed by atoms with Crippen molar-refractivity contribution in [3.05, 3.63) is 42.2 Å². The molecule has 0 amide bonds. The van der Waals surface area contributed by atoms with Crippen LogP contribution in [-0.2, 0) is 0 Å². The first-order valence-corrected chi connectivity index (χ1v) is 6.34. The minimum atomic E-state index is 0.613. The lowest BCUT2D eigenvalue weighted by atomic mass is 9.96. The summed E-state index contributed by atoms with van der Waals surface area (Å²) in [4.78, 5) is 8.45. The SMILES string of the molecule is CCC(C)c1ccc(-c2cnc(NC)nc2)cc1. The Morgan fingerprint density at radius 3 is 2.17 bits per heavy atom. The number of anilines is 1. The molecule has 0 aliphatic rings. The van der Waals surface area contributed by atoms with E-state index in [9.17, 15) is 0 Å². The molecule has 1 aromatic heterocycles. The van der Waals surface area contributed by atoms with Gasteiger partial charge in [0.1, 0.15) is 0 Å². The summed E-state index contributed by atoms with van der Waals surface area (Å²) in [5.74, 6) is 1.26. The summed E-state index contributed by atoms with van der Waals surface area (Å²) in [7, 11) is 1.82. The van der Waals surface area contributed by atoms with Gasteiger partial charge in [-0.3, -0.25) is 0 Å². The fourth-order valence-corrected chi connectivity index (χ4v) is 1.85. The Balaban J connectivity index is 2.22. The van der Waals surface area contributed by atoms with Crippen molar-refractivity contribution >= 4 is 5.95 Å². The van der Waals surface area contributed by atoms with Gasteiger partial charge in [0, 0.05) is 25.0 Å². The summed E-state index contributed by atoms with van der Waals surface area (Å²) in [5, 5.41) is 2.92. The van der Waals surface area contributed by atoms with E-state index < -0.39 is 0 Å². The summed E-state index contributed by atoms with van der Waals surface area (Å²) in [6, 6.07) is 8.66. The molecule has 0 saturated carbocycles. The third-order valence-electron chi connectivity index (χ3n) is 3.30. The first-order chi connectivity index (χ1) is 8.74. The standard InChI is InChI=1S/C15H19N3/c1-4-11(2)12-5-7-13(8-6-12)14-9-17-15(16-3)18-10-14/h5-11H,4H2,1-3H3,(H,16,17,18). The Kier molecular flexibility index (Phi) is 3.92. The molecule has 0 bridgehead atoms. The van der Waals surface area contributed by atoms with Crippen LogP contribution in [0.15, 0.2) is 36.7 Å². The van der Waals surface area contributed by atoms with Gasteiger partial charge in [0.25, 0.3) is 0 Å². The van der Waals surface area contributed by atoms with Crippen molar-refractivity contribution in [2.75, 3.05) is 12.4 Å². The van der Waals surface area contributed by atoms with E-state index in [0.29, 0.717) is 11.9 Å². The zero-order valence-corrected chi connectivity index (χ0v) is 11.1. The van der Waals surface area contributed by atoms with Crippen molar-refractivity contribution in [1.82, 2.24) is 9.97 Å². The second-order valence-corrected chi connectivity index (χ2v) is 4.48. The normalized spacial score (nSPS) is 12.2. The van der Waals surface area contributed by atoms with Gasteiger partial charge in [0.2, 0.25) is 5.95 Å². The number of hydrogen-bond donors (Lipinski definition) is 1. The highest BCUT2D eigenvalue weighted by Gasteiger charge is 2.04. The van der Waals surface area contributed by atoms with Crippen LogP contribution in [0.2, 0.25) is 0 Å². The quantitative estimate of drug-likeness (QED) is 0.887. The van der Waals surface area contributed by atoms with E-state index in [0.717, 1.165) is 11.1 Å². The molecule has 18 heavy (non-hydrogen) atoms. The van der Waals surface area contributed by atoms with Crippen molar-refractivity contribution in [1.29, 1.82) is 0 Å². The second-order valence-electron chi connectivity index (χ2n) is 4.48. The van der Waals surface area contributed by atoms with Crippen LogP contribution in [-0.4, -0.2) is 17.0 Å². The van der Waals surface area contributed by atoms with E-state index in [1.165, 1.54) is 12.0 Å². The van der Waals surface area contributed by atoms with Crippen LogP contribution in [0.1, 0.15) is 31.7 Å². The summed E-state index contributed by atoms with van der Waals surface area (Å²) >= 11 is 0. The molecule has 1 atom stereocenters. The fraction of sp³-hybridized carbons (Fsp3) is 0.333. The average molecular weight is 241 g/mol. The number of benzene rings is 1. The molecule has 0 aliphatic carbocycles. The Morgan fingerprint density at radius 1 is 1.06 bits per heavy atom.